The van der Waals surface area contributed by atoms with E-state index in [2.05, 4.69) is 56.7 Å². The fourth-order valence-electron chi connectivity index (χ4n) is 5.59. The molecule has 0 radical (unpaired) electrons. The highest BCUT2D eigenvalue weighted by atomic mass is 127. The van der Waals surface area contributed by atoms with E-state index in [-0.39, 0.29) is 24.0 Å². The molecular formula is C22H31IN4O. The van der Waals surface area contributed by atoms with Gasteiger partial charge in [0, 0.05) is 55.8 Å². The van der Waals surface area contributed by atoms with Crippen LogP contribution in [0.4, 0.5) is 0 Å². The molecule has 0 amide bonds. The summed E-state index contributed by atoms with van der Waals surface area (Å²) in [6, 6.07) is 11.3. The lowest BCUT2D eigenvalue weighted by atomic mass is 9.46. The summed E-state index contributed by atoms with van der Waals surface area (Å²) in [5.74, 6) is 1.63. The Hall–Kier alpha value is -1.28. The van der Waals surface area contributed by atoms with Gasteiger partial charge in [-0.25, -0.2) is 0 Å². The molecule has 3 aliphatic rings. The maximum Gasteiger partial charge on any atom is 0.191 e. The van der Waals surface area contributed by atoms with Crippen molar-refractivity contribution in [2.75, 3.05) is 20.2 Å². The van der Waals surface area contributed by atoms with Gasteiger partial charge in [0.1, 0.15) is 0 Å². The zero-order chi connectivity index (χ0) is 18.3. The molecule has 6 heteroatoms. The topological polar surface area (TPSA) is 50.6 Å². The second-order valence-electron chi connectivity index (χ2n) is 8.37. The fourth-order valence-corrected chi connectivity index (χ4v) is 5.59. The van der Waals surface area contributed by atoms with Crippen LogP contribution in [0.1, 0.15) is 32.1 Å². The number of aromatic nitrogens is 1. The summed E-state index contributed by atoms with van der Waals surface area (Å²) < 4.78 is 8.36. The fraction of sp³-hybridized carbons (Fsp3) is 0.591. The Morgan fingerprint density at radius 1 is 1.29 bits per heavy atom. The first-order valence-electron chi connectivity index (χ1n) is 10.4. The highest BCUT2D eigenvalue weighted by Gasteiger charge is 2.66. The standard InChI is InChI=1S/C22H30N4O.HI/c1-23-21(25-19-17-9-15-27-20(17)22(19)10-4-11-22)24-12-5-13-26-14-8-16-6-2-3-7-18(16)26;/h2-3,6-8,14,17,19-20H,4-5,9-13,15H2,1H3,(H2,23,24,25);1H. The smallest absolute Gasteiger partial charge is 0.191 e. The number of halogens is 1. The van der Waals surface area contributed by atoms with E-state index in [4.69, 9.17) is 4.74 Å². The SMILES string of the molecule is CN=C(NCCCn1ccc2ccccc21)NC1C2CCOC2C12CCC2.I. The Kier molecular flexibility index (Phi) is 5.88. The lowest BCUT2D eigenvalue weighted by Crippen LogP contribution is -2.72. The minimum atomic E-state index is 0. The predicted octanol–water partition coefficient (Wildman–Crippen LogP) is 3.77. The Labute approximate surface area is 184 Å². The van der Waals surface area contributed by atoms with Gasteiger partial charge in [0.05, 0.1) is 6.10 Å². The number of aliphatic imine (C=N–C) groups is 1. The third-order valence-electron chi connectivity index (χ3n) is 7.10. The number of nitrogens with zero attached hydrogens (tertiary/aromatic N) is 2. The van der Waals surface area contributed by atoms with Gasteiger partial charge in [-0.3, -0.25) is 4.99 Å². The zero-order valence-corrected chi connectivity index (χ0v) is 18.9. The number of nitrogens with one attached hydrogen (secondary N) is 2. The van der Waals surface area contributed by atoms with Crippen molar-refractivity contribution in [3.8, 4) is 0 Å². The summed E-state index contributed by atoms with van der Waals surface area (Å²) in [5, 5.41) is 8.58. The van der Waals surface area contributed by atoms with E-state index in [9.17, 15) is 0 Å². The summed E-state index contributed by atoms with van der Waals surface area (Å²) in [6.45, 7) is 2.88. The zero-order valence-electron chi connectivity index (χ0n) is 16.6. The van der Waals surface area contributed by atoms with Crippen LogP contribution >= 0.6 is 24.0 Å². The number of rotatable bonds is 5. The van der Waals surface area contributed by atoms with E-state index in [0.29, 0.717) is 23.5 Å². The average Bonchev–Trinajstić information content (AvgIpc) is 3.25. The van der Waals surface area contributed by atoms with E-state index in [0.717, 1.165) is 32.1 Å². The second-order valence-corrected chi connectivity index (χ2v) is 8.37. The third kappa shape index (κ3) is 3.22. The van der Waals surface area contributed by atoms with Crippen LogP contribution in [0.2, 0.25) is 0 Å². The summed E-state index contributed by atoms with van der Waals surface area (Å²) in [4.78, 5) is 4.48. The summed E-state index contributed by atoms with van der Waals surface area (Å²) in [6.07, 6.45) is 8.93. The van der Waals surface area contributed by atoms with E-state index in [1.807, 2.05) is 7.05 Å². The number of fused-ring (bicyclic) bond motifs is 3. The Bertz CT molecular complexity index is 844. The van der Waals surface area contributed by atoms with Gasteiger partial charge in [-0.05, 0) is 43.2 Å². The van der Waals surface area contributed by atoms with Crippen LogP contribution in [0.3, 0.4) is 0 Å². The maximum absolute atomic E-state index is 6.03. The minimum absolute atomic E-state index is 0. The van der Waals surface area contributed by atoms with Crippen LogP contribution in [0.25, 0.3) is 10.9 Å². The van der Waals surface area contributed by atoms with Crippen molar-refractivity contribution in [3.05, 3.63) is 36.5 Å². The molecule has 1 aromatic heterocycles. The lowest BCUT2D eigenvalue weighted by Gasteiger charge is -2.63. The van der Waals surface area contributed by atoms with Crippen LogP contribution in [0.5, 0.6) is 0 Å². The van der Waals surface area contributed by atoms with Gasteiger partial charge < -0.3 is 19.9 Å². The summed E-state index contributed by atoms with van der Waals surface area (Å²) in [7, 11) is 1.88. The Morgan fingerprint density at radius 3 is 2.93 bits per heavy atom. The van der Waals surface area contributed by atoms with Crippen molar-refractivity contribution in [2.45, 2.75) is 50.8 Å². The molecular weight excluding hydrogens is 463 g/mol. The number of para-hydroxylation sites is 1. The molecule has 1 aromatic carbocycles. The number of guanidine groups is 1. The van der Waals surface area contributed by atoms with Crippen LogP contribution in [-0.4, -0.2) is 42.9 Å². The molecule has 0 bridgehead atoms. The third-order valence-corrected chi connectivity index (χ3v) is 7.10. The molecule has 5 nitrogen and oxygen atoms in total. The van der Waals surface area contributed by atoms with E-state index < -0.39 is 0 Å². The molecule has 2 heterocycles. The molecule has 3 unspecified atom stereocenters. The van der Waals surface area contributed by atoms with Crippen LogP contribution in [0, 0.1) is 11.3 Å². The normalized spacial score (nSPS) is 27.6. The first-order chi connectivity index (χ1) is 13.3. The van der Waals surface area contributed by atoms with E-state index in [1.165, 1.54) is 36.6 Å². The minimum Gasteiger partial charge on any atom is -0.377 e. The van der Waals surface area contributed by atoms with Crippen molar-refractivity contribution in [3.63, 3.8) is 0 Å². The lowest BCUT2D eigenvalue weighted by molar-refractivity contribution is -0.171. The number of hydrogen-bond acceptors (Lipinski definition) is 2. The number of benzene rings is 1. The molecule has 2 aliphatic carbocycles. The Balaban J connectivity index is 0.00000192. The molecule has 1 saturated heterocycles. The molecule has 1 aliphatic heterocycles. The van der Waals surface area contributed by atoms with Gasteiger partial charge in [0.25, 0.3) is 0 Å². The second kappa shape index (κ2) is 8.22. The van der Waals surface area contributed by atoms with E-state index in [1.54, 1.807) is 0 Å². The van der Waals surface area contributed by atoms with Crippen LogP contribution < -0.4 is 10.6 Å². The molecule has 2 N–H and O–H groups in total. The summed E-state index contributed by atoms with van der Waals surface area (Å²) >= 11 is 0. The largest absolute Gasteiger partial charge is 0.377 e. The van der Waals surface area contributed by atoms with Gasteiger partial charge in [-0.2, -0.15) is 0 Å². The first-order valence-corrected chi connectivity index (χ1v) is 10.4. The molecule has 28 heavy (non-hydrogen) atoms. The van der Waals surface area contributed by atoms with Crippen molar-refractivity contribution in [1.29, 1.82) is 0 Å². The first kappa shape index (κ1) is 20.0. The van der Waals surface area contributed by atoms with Crippen molar-refractivity contribution in [1.82, 2.24) is 15.2 Å². The van der Waals surface area contributed by atoms with Gasteiger partial charge in [-0.1, -0.05) is 24.6 Å². The van der Waals surface area contributed by atoms with Crippen LogP contribution in [0.15, 0.2) is 41.5 Å². The highest BCUT2D eigenvalue weighted by molar-refractivity contribution is 14.0. The monoisotopic (exact) mass is 494 g/mol. The van der Waals surface area contributed by atoms with Crippen molar-refractivity contribution >= 4 is 40.8 Å². The van der Waals surface area contributed by atoms with Gasteiger partial charge in [0.2, 0.25) is 0 Å². The molecule has 3 fully saturated rings. The van der Waals surface area contributed by atoms with Gasteiger partial charge >= 0.3 is 0 Å². The van der Waals surface area contributed by atoms with Gasteiger partial charge in [-0.15, -0.1) is 24.0 Å². The quantitative estimate of drug-likeness (QED) is 0.288. The Morgan fingerprint density at radius 2 is 2.14 bits per heavy atom. The molecule has 1 spiro atoms. The van der Waals surface area contributed by atoms with Crippen molar-refractivity contribution < 1.29 is 4.74 Å². The van der Waals surface area contributed by atoms with Gasteiger partial charge in [0.15, 0.2) is 5.96 Å². The highest BCUT2D eigenvalue weighted by Crippen LogP contribution is 2.62. The molecule has 2 saturated carbocycles. The maximum atomic E-state index is 6.03. The molecule has 2 aromatic rings. The number of aryl methyl sites for hydroxylation is 1. The average molecular weight is 494 g/mol. The molecule has 152 valence electrons. The van der Waals surface area contributed by atoms with Crippen molar-refractivity contribution in [2.24, 2.45) is 16.3 Å². The number of ether oxygens (including phenoxy) is 1. The van der Waals surface area contributed by atoms with Crippen LogP contribution in [-0.2, 0) is 11.3 Å². The molecule has 5 rings (SSSR count). The predicted molar refractivity (Wildman–Crippen MR) is 124 cm³/mol. The number of hydrogen-bond donors (Lipinski definition) is 2. The summed E-state index contributed by atoms with van der Waals surface area (Å²) in [5.41, 5.74) is 1.71. The van der Waals surface area contributed by atoms with E-state index >= 15 is 0 Å². The molecule has 3 atom stereocenters.